The minimum absolute atomic E-state index is 0.918. The van der Waals surface area contributed by atoms with Crippen molar-refractivity contribution in [1.82, 2.24) is 0 Å². The second-order valence-electron chi connectivity index (χ2n) is 3.40. The zero-order chi connectivity index (χ0) is 9.97. The average molecular weight is 186 g/mol. The molecule has 0 aliphatic carbocycles. The maximum absolute atomic E-state index is 5.18. The molecule has 0 unspecified atom stereocenters. The monoisotopic (exact) mass is 186 g/mol. The molecule has 0 fully saturated rings. The van der Waals surface area contributed by atoms with E-state index in [2.05, 4.69) is 37.3 Å². The third-order valence-electron chi connectivity index (χ3n) is 2.52. The van der Waals surface area contributed by atoms with Crippen LogP contribution in [-0.4, -0.2) is 7.11 Å². The van der Waals surface area contributed by atoms with E-state index < -0.39 is 0 Å². The molecule has 0 N–H and O–H groups in total. The lowest BCUT2D eigenvalue weighted by Gasteiger charge is -2.03. The molecule has 0 aromatic heterocycles. The molecule has 2 rings (SSSR count). The normalized spacial score (nSPS) is 10.4. The SMILES string of the molecule is CCc1ccc2cc(OC)ccc2c1. The highest BCUT2D eigenvalue weighted by molar-refractivity contribution is 5.84. The van der Waals surface area contributed by atoms with Gasteiger partial charge in [0.15, 0.2) is 0 Å². The van der Waals surface area contributed by atoms with E-state index in [-0.39, 0.29) is 0 Å². The highest BCUT2D eigenvalue weighted by Crippen LogP contribution is 2.21. The number of methoxy groups -OCH3 is 1. The maximum atomic E-state index is 5.18. The third-order valence-corrected chi connectivity index (χ3v) is 2.52. The average Bonchev–Trinajstić information content (AvgIpc) is 2.27. The van der Waals surface area contributed by atoms with Crippen LogP contribution in [0.5, 0.6) is 5.75 Å². The smallest absolute Gasteiger partial charge is 0.119 e. The van der Waals surface area contributed by atoms with Gasteiger partial charge in [-0.15, -0.1) is 0 Å². The predicted molar refractivity (Wildman–Crippen MR) is 59.9 cm³/mol. The van der Waals surface area contributed by atoms with Crippen molar-refractivity contribution < 1.29 is 4.74 Å². The van der Waals surface area contributed by atoms with E-state index in [0.29, 0.717) is 0 Å². The van der Waals surface area contributed by atoms with Crippen molar-refractivity contribution in [2.24, 2.45) is 0 Å². The van der Waals surface area contributed by atoms with E-state index in [9.17, 15) is 0 Å². The molecule has 0 aliphatic heterocycles. The van der Waals surface area contributed by atoms with E-state index >= 15 is 0 Å². The van der Waals surface area contributed by atoms with Crippen molar-refractivity contribution in [3.63, 3.8) is 0 Å². The largest absolute Gasteiger partial charge is 0.497 e. The molecule has 0 bridgehead atoms. The van der Waals surface area contributed by atoms with Gasteiger partial charge in [0.25, 0.3) is 0 Å². The first kappa shape index (κ1) is 9.07. The van der Waals surface area contributed by atoms with Crippen molar-refractivity contribution in [2.45, 2.75) is 13.3 Å². The molecule has 0 saturated heterocycles. The summed E-state index contributed by atoms with van der Waals surface area (Å²) in [6, 6.07) is 12.7. The van der Waals surface area contributed by atoms with Gasteiger partial charge in [0, 0.05) is 0 Å². The summed E-state index contributed by atoms with van der Waals surface area (Å²) >= 11 is 0. The molecular weight excluding hydrogens is 172 g/mol. The van der Waals surface area contributed by atoms with Crippen molar-refractivity contribution >= 4 is 10.8 Å². The molecule has 14 heavy (non-hydrogen) atoms. The van der Waals surface area contributed by atoms with Gasteiger partial charge < -0.3 is 4.74 Å². The van der Waals surface area contributed by atoms with Crippen molar-refractivity contribution in [2.75, 3.05) is 7.11 Å². The molecular formula is C13H14O. The summed E-state index contributed by atoms with van der Waals surface area (Å²) in [5, 5.41) is 2.52. The van der Waals surface area contributed by atoms with Gasteiger partial charge in [-0.1, -0.05) is 31.2 Å². The molecule has 0 heterocycles. The van der Waals surface area contributed by atoms with Crippen LogP contribution in [-0.2, 0) is 6.42 Å². The zero-order valence-corrected chi connectivity index (χ0v) is 8.58. The molecule has 0 radical (unpaired) electrons. The predicted octanol–water partition coefficient (Wildman–Crippen LogP) is 3.41. The number of rotatable bonds is 2. The Bertz CT molecular complexity index is 403. The summed E-state index contributed by atoms with van der Waals surface area (Å²) in [7, 11) is 1.70. The molecule has 2 aromatic carbocycles. The lowest BCUT2D eigenvalue weighted by atomic mass is 10.1. The summed E-state index contributed by atoms with van der Waals surface area (Å²) in [5.74, 6) is 0.918. The van der Waals surface area contributed by atoms with E-state index in [1.54, 1.807) is 7.11 Å². The number of benzene rings is 2. The molecule has 0 amide bonds. The van der Waals surface area contributed by atoms with Crippen LogP contribution in [0.25, 0.3) is 10.8 Å². The summed E-state index contributed by atoms with van der Waals surface area (Å²) in [6.45, 7) is 2.17. The number of hydrogen-bond acceptors (Lipinski definition) is 1. The van der Waals surface area contributed by atoms with Gasteiger partial charge in [0.1, 0.15) is 5.75 Å². The minimum Gasteiger partial charge on any atom is -0.497 e. The number of hydrogen-bond donors (Lipinski definition) is 0. The Kier molecular flexibility index (Phi) is 2.40. The van der Waals surface area contributed by atoms with E-state index in [1.165, 1.54) is 16.3 Å². The number of aryl methyl sites for hydroxylation is 1. The zero-order valence-electron chi connectivity index (χ0n) is 8.58. The first-order chi connectivity index (χ1) is 6.83. The maximum Gasteiger partial charge on any atom is 0.119 e. The second-order valence-corrected chi connectivity index (χ2v) is 3.40. The molecule has 0 atom stereocenters. The van der Waals surface area contributed by atoms with Crippen molar-refractivity contribution in [1.29, 1.82) is 0 Å². The van der Waals surface area contributed by atoms with Gasteiger partial charge >= 0.3 is 0 Å². The van der Waals surface area contributed by atoms with E-state index in [1.807, 2.05) is 6.07 Å². The molecule has 1 nitrogen and oxygen atoms in total. The Morgan fingerprint density at radius 3 is 2.43 bits per heavy atom. The van der Waals surface area contributed by atoms with Crippen LogP contribution < -0.4 is 4.74 Å². The summed E-state index contributed by atoms with van der Waals surface area (Å²) in [6.07, 6.45) is 1.09. The van der Waals surface area contributed by atoms with Crippen LogP contribution in [0.4, 0.5) is 0 Å². The molecule has 0 aliphatic rings. The lowest BCUT2D eigenvalue weighted by molar-refractivity contribution is 0.415. The standard InChI is InChI=1S/C13H14O/c1-3-10-4-5-12-9-13(14-2)7-6-11(12)8-10/h4-9H,3H2,1-2H3. The summed E-state index contributed by atoms with van der Waals surface area (Å²) < 4.78 is 5.18. The molecule has 0 spiro atoms. The highest BCUT2D eigenvalue weighted by atomic mass is 16.5. The van der Waals surface area contributed by atoms with Gasteiger partial charge in [-0.2, -0.15) is 0 Å². The number of fused-ring (bicyclic) bond motifs is 1. The van der Waals surface area contributed by atoms with Crippen molar-refractivity contribution in [3.8, 4) is 5.75 Å². The highest BCUT2D eigenvalue weighted by Gasteiger charge is 1.97. The Morgan fingerprint density at radius 1 is 1.00 bits per heavy atom. The van der Waals surface area contributed by atoms with Gasteiger partial charge in [-0.3, -0.25) is 0 Å². The van der Waals surface area contributed by atoms with Gasteiger partial charge in [-0.25, -0.2) is 0 Å². The van der Waals surface area contributed by atoms with E-state index in [4.69, 9.17) is 4.74 Å². The van der Waals surface area contributed by atoms with Gasteiger partial charge in [0.05, 0.1) is 7.11 Å². The quantitative estimate of drug-likeness (QED) is 0.698. The lowest BCUT2D eigenvalue weighted by Crippen LogP contribution is -1.84. The van der Waals surface area contributed by atoms with Crippen LogP contribution in [0.2, 0.25) is 0 Å². The van der Waals surface area contributed by atoms with Gasteiger partial charge in [0.2, 0.25) is 0 Å². The number of ether oxygens (including phenoxy) is 1. The Hall–Kier alpha value is -1.50. The molecule has 72 valence electrons. The fraction of sp³-hybridized carbons (Fsp3) is 0.231. The van der Waals surface area contributed by atoms with Crippen LogP contribution in [0.1, 0.15) is 12.5 Å². The van der Waals surface area contributed by atoms with Crippen LogP contribution in [0, 0.1) is 0 Å². The first-order valence-electron chi connectivity index (χ1n) is 4.90. The van der Waals surface area contributed by atoms with Gasteiger partial charge in [-0.05, 0) is 34.9 Å². The molecule has 1 heteroatoms. The first-order valence-corrected chi connectivity index (χ1v) is 4.90. The van der Waals surface area contributed by atoms with Crippen molar-refractivity contribution in [3.05, 3.63) is 42.0 Å². The fourth-order valence-corrected chi connectivity index (χ4v) is 1.62. The summed E-state index contributed by atoms with van der Waals surface area (Å²) in [4.78, 5) is 0. The topological polar surface area (TPSA) is 9.23 Å². The third kappa shape index (κ3) is 1.58. The Morgan fingerprint density at radius 2 is 1.71 bits per heavy atom. The summed E-state index contributed by atoms with van der Waals surface area (Å²) in [5.41, 5.74) is 1.38. The van der Waals surface area contributed by atoms with Crippen LogP contribution in [0.3, 0.4) is 0 Å². The minimum atomic E-state index is 0.918. The molecule has 0 saturated carbocycles. The van der Waals surface area contributed by atoms with Crippen LogP contribution in [0.15, 0.2) is 36.4 Å². The second kappa shape index (κ2) is 3.70. The molecule has 2 aromatic rings. The Balaban J connectivity index is 2.57. The van der Waals surface area contributed by atoms with Crippen LogP contribution >= 0.6 is 0 Å². The Labute approximate surface area is 84.3 Å². The fourth-order valence-electron chi connectivity index (χ4n) is 1.62. The van der Waals surface area contributed by atoms with E-state index in [0.717, 1.165) is 12.2 Å².